The van der Waals surface area contributed by atoms with Gasteiger partial charge in [-0.25, -0.2) is 0 Å². The van der Waals surface area contributed by atoms with Gasteiger partial charge in [-0.15, -0.1) is 0 Å². The Bertz CT molecular complexity index is 719. The molecule has 3 N–H and O–H groups in total. The summed E-state index contributed by atoms with van der Waals surface area (Å²) in [6.07, 6.45) is 3.58. The number of benzene rings is 1. The van der Waals surface area contributed by atoms with Crippen molar-refractivity contribution >= 4 is 16.6 Å². The van der Waals surface area contributed by atoms with Crippen molar-refractivity contribution in [2.24, 2.45) is 14.1 Å². The molecular weight excluding hydrogens is 228 g/mol. The van der Waals surface area contributed by atoms with Crippen molar-refractivity contribution in [1.29, 1.82) is 0 Å². The molecule has 0 unspecified atom stereocenters. The fraction of sp³-hybridized carbons (Fsp3) is 0.154. The Balaban J connectivity index is 2.44. The van der Waals surface area contributed by atoms with E-state index in [2.05, 4.69) is 5.10 Å². The number of hydrogen-bond acceptors (Lipinski definition) is 3. The van der Waals surface area contributed by atoms with Crippen LogP contribution in [0.4, 0.5) is 5.69 Å². The number of aromatic hydroxyl groups is 1. The molecule has 0 fully saturated rings. The highest BCUT2D eigenvalue weighted by molar-refractivity contribution is 6.01. The van der Waals surface area contributed by atoms with E-state index in [0.29, 0.717) is 5.69 Å². The van der Waals surface area contributed by atoms with Crippen LogP contribution in [0.2, 0.25) is 0 Å². The normalized spacial score (nSPS) is 11.2. The predicted molar refractivity (Wildman–Crippen MR) is 71.2 cm³/mol. The van der Waals surface area contributed by atoms with Crippen molar-refractivity contribution < 1.29 is 5.11 Å². The minimum absolute atomic E-state index is 0.253. The zero-order valence-electron chi connectivity index (χ0n) is 10.3. The molecule has 1 aromatic carbocycles. The topological polar surface area (TPSA) is 69.0 Å². The first-order valence-corrected chi connectivity index (χ1v) is 5.64. The molecule has 0 aliphatic rings. The van der Waals surface area contributed by atoms with Gasteiger partial charge in [-0.05, 0) is 12.1 Å². The molecule has 2 aromatic heterocycles. The van der Waals surface area contributed by atoms with Crippen LogP contribution in [0.3, 0.4) is 0 Å². The number of nitrogens with zero attached hydrogens (tertiary/aromatic N) is 3. The van der Waals surface area contributed by atoms with Crippen molar-refractivity contribution in [3.05, 3.63) is 30.6 Å². The summed E-state index contributed by atoms with van der Waals surface area (Å²) in [6, 6.07) is 5.47. The number of aryl methyl sites for hydroxylation is 2. The molecular formula is C13H14N4O. The molecule has 0 spiro atoms. The zero-order valence-corrected chi connectivity index (χ0v) is 10.3. The summed E-state index contributed by atoms with van der Waals surface area (Å²) < 4.78 is 3.69. The summed E-state index contributed by atoms with van der Waals surface area (Å²) in [4.78, 5) is 0. The molecule has 0 radical (unpaired) electrons. The molecule has 3 aromatic rings. The van der Waals surface area contributed by atoms with Crippen LogP contribution in [0.1, 0.15) is 0 Å². The highest BCUT2D eigenvalue weighted by Gasteiger charge is 2.17. The lowest BCUT2D eigenvalue weighted by Gasteiger charge is -2.03. The molecule has 0 amide bonds. The van der Waals surface area contributed by atoms with E-state index in [1.54, 1.807) is 16.9 Å². The van der Waals surface area contributed by atoms with Gasteiger partial charge >= 0.3 is 0 Å². The van der Waals surface area contributed by atoms with Gasteiger partial charge in [0, 0.05) is 25.9 Å². The highest BCUT2D eigenvalue weighted by Crippen LogP contribution is 2.37. The smallest absolute Gasteiger partial charge is 0.125 e. The van der Waals surface area contributed by atoms with E-state index in [1.807, 2.05) is 37.0 Å². The van der Waals surface area contributed by atoms with Gasteiger partial charge in [0.05, 0.1) is 28.5 Å². The summed E-state index contributed by atoms with van der Waals surface area (Å²) >= 11 is 0. The van der Waals surface area contributed by atoms with E-state index >= 15 is 0 Å². The Morgan fingerprint density at radius 1 is 1.28 bits per heavy atom. The molecule has 0 aliphatic carbocycles. The minimum atomic E-state index is 0.253. The molecule has 0 atom stereocenters. The Morgan fingerprint density at radius 3 is 2.72 bits per heavy atom. The summed E-state index contributed by atoms with van der Waals surface area (Å²) in [7, 11) is 3.78. The second-order valence-electron chi connectivity index (χ2n) is 4.40. The van der Waals surface area contributed by atoms with Crippen LogP contribution < -0.4 is 5.73 Å². The van der Waals surface area contributed by atoms with Crippen LogP contribution in [0.15, 0.2) is 30.6 Å². The summed E-state index contributed by atoms with van der Waals surface area (Å²) in [6.45, 7) is 0. The number of rotatable bonds is 1. The van der Waals surface area contributed by atoms with Crippen molar-refractivity contribution in [3.8, 4) is 17.0 Å². The van der Waals surface area contributed by atoms with E-state index in [4.69, 9.17) is 5.73 Å². The summed E-state index contributed by atoms with van der Waals surface area (Å²) in [5.74, 6) is 0.253. The van der Waals surface area contributed by atoms with E-state index in [9.17, 15) is 5.11 Å². The maximum Gasteiger partial charge on any atom is 0.125 e. The predicted octanol–water partition coefficient (Wildman–Crippen LogP) is 1.87. The number of aromatic nitrogens is 3. The van der Waals surface area contributed by atoms with Crippen molar-refractivity contribution in [1.82, 2.24) is 14.3 Å². The van der Waals surface area contributed by atoms with Crippen LogP contribution >= 0.6 is 0 Å². The number of anilines is 1. The number of nitrogen functional groups attached to an aromatic ring is 1. The third-order valence-corrected chi connectivity index (χ3v) is 3.21. The largest absolute Gasteiger partial charge is 0.507 e. The van der Waals surface area contributed by atoms with Gasteiger partial charge in [0.1, 0.15) is 5.75 Å². The maximum absolute atomic E-state index is 10.1. The van der Waals surface area contributed by atoms with Crippen molar-refractivity contribution in [2.75, 3.05) is 5.73 Å². The number of nitrogens with two attached hydrogens (primary N) is 1. The number of hydrogen-bond donors (Lipinski definition) is 2. The highest BCUT2D eigenvalue weighted by atomic mass is 16.3. The molecule has 0 bridgehead atoms. The molecule has 0 aliphatic heterocycles. The van der Waals surface area contributed by atoms with Gasteiger partial charge in [0.2, 0.25) is 0 Å². The lowest BCUT2D eigenvalue weighted by atomic mass is 10.1. The molecule has 5 nitrogen and oxygen atoms in total. The van der Waals surface area contributed by atoms with Crippen LogP contribution in [-0.4, -0.2) is 19.5 Å². The molecule has 18 heavy (non-hydrogen) atoms. The SMILES string of the molecule is Cn1ncc(N)c1-c1cn(C)c2cccc(O)c12. The first-order chi connectivity index (χ1) is 8.59. The van der Waals surface area contributed by atoms with Gasteiger partial charge < -0.3 is 15.4 Å². The van der Waals surface area contributed by atoms with E-state index in [-0.39, 0.29) is 5.75 Å². The standard InChI is InChI=1S/C13H14N4O/c1-16-7-8(13-9(14)6-15-17(13)2)12-10(16)4-3-5-11(12)18/h3-7,18H,14H2,1-2H3. The van der Waals surface area contributed by atoms with Gasteiger partial charge in [0.15, 0.2) is 0 Å². The molecule has 0 saturated heterocycles. The first kappa shape index (κ1) is 10.7. The fourth-order valence-electron chi connectivity index (χ4n) is 2.39. The van der Waals surface area contributed by atoms with Crippen LogP contribution in [0.25, 0.3) is 22.2 Å². The summed E-state index contributed by atoms with van der Waals surface area (Å²) in [5.41, 5.74) is 9.23. The number of fused-ring (bicyclic) bond motifs is 1. The first-order valence-electron chi connectivity index (χ1n) is 5.64. The average molecular weight is 242 g/mol. The lowest BCUT2D eigenvalue weighted by Crippen LogP contribution is -1.95. The second kappa shape index (κ2) is 3.53. The Labute approximate surface area is 104 Å². The van der Waals surface area contributed by atoms with Gasteiger partial charge in [-0.3, -0.25) is 4.68 Å². The molecule has 2 heterocycles. The number of phenols is 1. The van der Waals surface area contributed by atoms with E-state index in [1.165, 1.54) is 0 Å². The van der Waals surface area contributed by atoms with Crippen LogP contribution in [0, 0.1) is 0 Å². The Hall–Kier alpha value is -2.43. The quantitative estimate of drug-likeness (QED) is 0.684. The van der Waals surface area contributed by atoms with E-state index < -0.39 is 0 Å². The van der Waals surface area contributed by atoms with Crippen molar-refractivity contribution in [3.63, 3.8) is 0 Å². The molecule has 5 heteroatoms. The van der Waals surface area contributed by atoms with Crippen molar-refractivity contribution in [2.45, 2.75) is 0 Å². The fourth-order valence-corrected chi connectivity index (χ4v) is 2.39. The lowest BCUT2D eigenvalue weighted by molar-refractivity contribution is 0.482. The third-order valence-electron chi connectivity index (χ3n) is 3.21. The Morgan fingerprint density at radius 2 is 2.06 bits per heavy atom. The maximum atomic E-state index is 10.1. The molecule has 3 rings (SSSR count). The zero-order chi connectivity index (χ0) is 12.9. The monoisotopic (exact) mass is 242 g/mol. The van der Waals surface area contributed by atoms with Gasteiger partial charge in [0.25, 0.3) is 0 Å². The van der Waals surface area contributed by atoms with Crippen LogP contribution in [-0.2, 0) is 14.1 Å². The molecule has 92 valence electrons. The average Bonchev–Trinajstić information content (AvgIpc) is 2.82. The van der Waals surface area contributed by atoms with Crippen LogP contribution in [0.5, 0.6) is 5.75 Å². The third kappa shape index (κ3) is 1.30. The molecule has 0 saturated carbocycles. The minimum Gasteiger partial charge on any atom is -0.507 e. The number of phenolic OH excluding ortho intramolecular Hbond substituents is 1. The Kier molecular flexibility index (Phi) is 2.10. The summed E-state index contributed by atoms with van der Waals surface area (Å²) in [5, 5.41) is 15.0. The van der Waals surface area contributed by atoms with Gasteiger partial charge in [-0.1, -0.05) is 6.07 Å². The second-order valence-corrected chi connectivity index (χ2v) is 4.40. The van der Waals surface area contributed by atoms with E-state index in [0.717, 1.165) is 22.2 Å². The van der Waals surface area contributed by atoms with Gasteiger partial charge in [-0.2, -0.15) is 5.10 Å².